The summed E-state index contributed by atoms with van der Waals surface area (Å²) in [6, 6.07) is 0. The third-order valence-electron chi connectivity index (χ3n) is 3.94. The maximum Gasteiger partial charge on any atom is 0.445 e. The van der Waals surface area contributed by atoms with Crippen molar-refractivity contribution >= 4 is 16.5 Å². The molecule has 4 nitrogen and oxygen atoms in total. The van der Waals surface area contributed by atoms with E-state index < -0.39 is 11.2 Å². The zero-order valence-electron chi connectivity index (χ0n) is 10.9. The summed E-state index contributed by atoms with van der Waals surface area (Å²) < 4.78 is 43.7. The Bertz CT molecular complexity index is 465. The van der Waals surface area contributed by atoms with Crippen LogP contribution in [0.15, 0.2) is 0 Å². The Morgan fingerprint density at radius 2 is 1.90 bits per heavy atom. The molecule has 112 valence electrons. The van der Waals surface area contributed by atoms with Crippen LogP contribution in [-0.4, -0.2) is 35.5 Å². The maximum atomic E-state index is 12.6. The van der Waals surface area contributed by atoms with Gasteiger partial charge >= 0.3 is 6.18 Å². The second kappa shape index (κ2) is 5.14. The van der Waals surface area contributed by atoms with Gasteiger partial charge in [0.1, 0.15) is 0 Å². The number of hydrogen-bond acceptors (Lipinski definition) is 5. The van der Waals surface area contributed by atoms with Gasteiger partial charge in [0.15, 0.2) is 0 Å². The summed E-state index contributed by atoms with van der Waals surface area (Å²) in [7, 11) is 0. The van der Waals surface area contributed by atoms with Gasteiger partial charge in [-0.15, -0.1) is 10.2 Å². The van der Waals surface area contributed by atoms with Crippen LogP contribution >= 0.6 is 11.3 Å². The van der Waals surface area contributed by atoms with Gasteiger partial charge in [0.25, 0.3) is 0 Å². The molecule has 0 bridgehead atoms. The van der Waals surface area contributed by atoms with Crippen molar-refractivity contribution in [3.8, 4) is 0 Å². The van der Waals surface area contributed by atoms with Gasteiger partial charge in [0.2, 0.25) is 10.1 Å². The van der Waals surface area contributed by atoms with Gasteiger partial charge in [0.05, 0.1) is 12.2 Å². The van der Waals surface area contributed by atoms with E-state index in [1.165, 1.54) is 6.42 Å². The van der Waals surface area contributed by atoms with E-state index in [0.717, 1.165) is 25.7 Å². The highest BCUT2D eigenvalue weighted by molar-refractivity contribution is 7.15. The standard InChI is InChI=1S/C12H16F3N3OS/c13-12(14,15)9-16-17-10(20-9)18-6-7-19-11(8-18)4-2-1-3-5-11/h1-8H2. The predicted molar refractivity (Wildman–Crippen MR) is 68.9 cm³/mol. The van der Waals surface area contributed by atoms with E-state index in [1.54, 1.807) is 0 Å². The van der Waals surface area contributed by atoms with E-state index in [-0.39, 0.29) is 5.60 Å². The van der Waals surface area contributed by atoms with Crippen LogP contribution in [0.2, 0.25) is 0 Å². The summed E-state index contributed by atoms with van der Waals surface area (Å²) in [6.07, 6.45) is 1.01. The van der Waals surface area contributed by atoms with E-state index in [2.05, 4.69) is 10.2 Å². The Morgan fingerprint density at radius 1 is 1.15 bits per heavy atom. The number of morpholine rings is 1. The number of nitrogens with zero attached hydrogens (tertiary/aromatic N) is 3. The van der Waals surface area contributed by atoms with Gasteiger partial charge < -0.3 is 9.64 Å². The molecule has 1 saturated carbocycles. The zero-order valence-corrected chi connectivity index (χ0v) is 11.8. The number of aromatic nitrogens is 2. The lowest BCUT2D eigenvalue weighted by atomic mass is 9.83. The van der Waals surface area contributed by atoms with Gasteiger partial charge in [0, 0.05) is 13.1 Å². The molecule has 3 rings (SSSR count). The molecule has 1 saturated heterocycles. The van der Waals surface area contributed by atoms with Gasteiger partial charge in [-0.3, -0.25) is 0 Å². The lowest BCUT2D eigenvalue weighted by Gasteiger charge is -2.44. The molecule has 0 N–H and O–H groups in total. The Hall–Kier alpha value is -0.890. The van der Waals surface area contributed by atoms with Crippen LogP contribution in [0.5, 0.6) is 0 Å². The van der Waals surface area contributed by atoms with E-state index in [1.807, 2.05) is 4.90 Å². The summed E-state index contributed by atoms with van der Waals surface area (Å²) in [6.45, 7) is 1.74. The molecule has 0 amide bonds. The second-order valence-corrected chi connectivity index (χ2v) is 6.36. The Kier molecular flexibility index (Phi) is 3.62. The van der Waals surface area contributed by atoms with Gasteiger partial charge in [-0.25, -0.2) is 0 Å². The molecule has 0 aromatic carbocycles. The fourth-order valence-electron chi connectivity index (χ4n) is 2.96. The Labute approximate surface area is 118 Å². The first-order valence-corrected chi connectivity index (χ1v) is 7.60. The van der Waals surface area contributed by atoms with E-state index >= 15 is 0 Å². The molecular weight excluding hydrogens is 291 g/mol. The normalized spacial score (nSPS) is 23.2. The molecule has 1 aliphatic carbocycles. The highest BCUT2D eigenvalue weighted by Crippen LogP contribution is 2.38. The molecule has 0 unspecified atom stereocenters. The molecule has 8 heteroatoms. The van der Waals surface area contributed by atoms with Crippen molar-refractivity contribution in [2.75, 3.05) is 24.6 Å². The fraction of sp³-hybridized carbons (Fsp3) is 0.833. The molecule has 1 aromatic rings. The second-order valence-electron chi connectivity index (χ2n) is 5.40. The fourth-order valence-corrected chi connectivity index (χ4v) is 3.70. The third kappa shape index (κ3) is 2.76. The van der Waals surface area contributed by atoms with Crippen LogP contribution < -0.4 is 4.90 Å². The largest absolute Gasteiger partial charge is 0.445 e. The lowest BCUT2D eigenvalue weighted by molar-refractivity contribution is -0.138. The van der Waals surface area contributed by atoms with Crippen LogP contribution in [0.1, 0.15) is 37.1 Å². The minimum absolute atomic E-state index is 0.194. The minimum Gasteiger partial charge on any atom is -0.371 e. The van der Waals surface area contributed by atoms with Crippen molar-refractivity contribution in [1.29, 1.82) is 0 Å². The monoisotopic (exact) mass is 307 g/mol. The molecule has 20 heavy (non-hydrogen) atoms. The van der Waals surface area contributed by atoms with Crippen LogP contribution in [0.4, 0.5) is 18.3 Å². The highest BCUT2D eigenvalue weighted by atomic mass is 32.1. The van der Waals surface area contributed by atoms with Gasteiger partial charge in [-0.2, -0.15) is 13.2 Å². The SMILES string of the molecule is FC(F)(F)c1nnc(N2CCOC3(CCCCC3)C2)s1. The van der Waals surface area contributed by atoms with E-state index in [0.29, 0.717) is 36.2 Å². The highest BCUT2D eigenvalue weighted by Gasteiger charge is 2.40. The van der Waals surface area contributed by atoms with Crippen molar-refractivity contribution in [3.63, 3.8) is 0 Å². The number of anilines is 1. The Morgan fingerprint density at radius 3 is 2.55 bits per heavy atom. The van der Waals surface area contributed by atoms with Crippen molar-refractivity contribution in [3.05, 3.63) is 5.01 Å². The number of ether oxygens (including phenoxy) is 1. The van der Waals surface area contributed by atoms with Crippen LogP contribution in [0.3, 0.4) is 0 Å². The molecule has 2 fully saturated rings. The van der Waals surface area contributed by atoms with Crippen molar-refractivity contribution in [1.82, 2.24) is 10.2 Å². The van der Waals surface area contributed by atoms with Crippen molar-refractivity contribution in [2.24, 2.45) is 0 Å². The molecule has 0 radical (unpaired) electrons. The molecule has 2 heterocycles. The number of alkyl halides is 3. The van der Waals surface area contributed by atoms with E-state index in [4.69, 9.17) is 4.74 Å². The van der Waals surface area contributed by atoms with Crippen LogP contribution in [-0.2, 0) is 10.9 Å². The van der Waals surface area contributed by atoms with Gasteiger partial charge in [-0.05, 0) is 12.8 Å². The topological polar surface area (TPSA) is 38.2 Å². The number of rotatable bonds is 1. The first-order valence-electron chi connectivity index (χ1n) is 6.78. The van der Waals surface area contributed by atoms with Crippen LogP contribution in [0.25, 0.3) is 0 Å². The molecular formula is C12H16F3N3OS. The first-order chi connectivity index (χ1) is 9.49. The molecule has 1 spiro atoms. The molecule has 1 aliphatic heterocycles. The van der Waals surface area contributed by atoms with Crippen molar-refractivity contribution in [2.45, 2.75) is 43.9 Å². The Balaban J connectivity index is 1.75. The zero-order chi connectivity index (χ0) is 14.2. The maximum absolute atomic E-state index is 12.6. The average Bonchev–Trinajstić information content (AvgIpc) is 2.89. The average molecular weight is 307 g/mol. The summed E-state index contributed by atoms with van der Waals surface area (Å²) in [4.78, 5) is 1.89. The molecule has 0 atom stereocenters. The summed E-state index contributed by atoms with van der Waals surface area (Å²) in [5, 5.41) is 6.43. The summed E-state index contributed by atoms with van der Waals surface area (Å²) in [5.74, 6) is 0. The van der Waals surface area contributed by atoms with E-state index in [9.17, 15) is 13.2 Å². The van der Waals surface area contributed by atoms with Crippen LogP contribution in [0, 0.1) is 0 Å². The molecule has 2 aliphatic rings. The quantitative estimate of drug-likeness (QED) is 0.799. The summed E-state index contributed by atoms with van der Waals surface area (Å²) >= 11 is 0.617. The number of halogens is 3. The number of hydrogen-bond donors (Lipinski definition) is 0. The lowest BCUT2D eigenvalue weighted by Crippen LogP contribution is -2.52. The van der Waals surface area contributed by atoms with Gasteiger partial charge in [-0.1, -0.05) is 30.6 Å². The third-order valence-corrected chi connectivity index (χ3v) is 4.97. The smallest absolute Gasteiger partial charge is 0.371 e. The molecule has 1 aromatic heterocycles. The minimum atomic E-state index is -4.41. The summed E-state index contributed by atoms with van der Waals surface area (Å²) in [5.41, 5.74) is -0.194. The first kappa shape index (κ1) is 14.1. The van der Waals surface area contributed by atoms with Crippen molar-refractivity contribution < 1.29 is 17.9 Å². The predicted octanol–water partition coefficient (Wildman–Crippen LogP) is 3.10.